The maximum Gasteiger partial charge on any atom is 0.335 e. The summed E-state index contributed by atoms with van der Waals surface area (Å²) in [5.41, 5.74) is 2.97. The van der Waals surface area contributed by atoms with Gasteiger partial charge in [0, 0.05) is 0 Å². The number of hydrogen-bond acceptors (Lipinski definition) is 6. The summed E-state index contributed by atoms with van der Waals surface area (Å²) >= 11 is 1.25. The van der Waals surface area contributed by atoms with Gasteiger partial charge in [-0.3, -0.25) is 0 Å². The first kappa shape index (κ1) is 19.9. The molecule has 1 aliphatic rings. The van der Waals surface area contributed by atoms with Gasteiger partial charge in [0.2, 0.25) is 0 Å². The fourth-order valence-corrected chi connectivity index (χ4v) is 4.67. The minimum Gasteiger partial charge on any atom is -0.478 e. The second-order valence-electron chi connectivity index (χ2n) is 6.67. The Bertz CT molecular complexity index is 791. The molecule has 2 aromatic carbocycles. The third-order valence-corrected chi connectivity index (χ3v) is 6.40. The van der Waals surface area contributed by atoms with Gasteiger partial charge in [0.05, 0.1) is 34.9 Å². The lowest BCUT2D eigenvalue weighted by atomic mass is 9.95. The van der Waals surface area contributed by atoms with E-state index in [0.717, 1.165) is 16.7 Å². The molecule has 7 heteroatoms. The highest BCUT2D eigenvalue weighted by Crippen LogP contribution is 2.43. The molecule has 0 aromatic heterocycles. The van der Waals surface area contributed by atoms with Crippen molar-refractivity contribution >= 4 is 17.7 Å². The molecule has 0 bridgehead atoms. The number of hydrogen-bond donors (Lipinski definition) is 5. The van der Waals surface area contributed by atoms with Crippen molar-refractivity contribution in [2.75, 3.05) is 6.61 Å². The summed E-state index contributed by atoms with van der Waals surface area (Å²) in [6.45, 7) is -0.290. The highest BCUT2D eigenvalue weighted by Gasteiger charge is 2.43. The highest BCUT2D eigenvalue weighted by atomic mass is 32.2. The van der Waals surface area contributed by atoms with Crippen LogP contribution in [0, 0.1) is 0 Å². The fourth-order valence-electron chi connectivity index (χ4n) is 3.26. The van der Waals surface area contributed by atoms with Crippen LogP contribution in [0.2, 0.25) is 0 Å². The van der Waals surface area contributed by atoms with Crippen LogP contribution in [0.3, 0.4) is 0 Å². The van der Waals surface area contributed by atoms with Crippen LogP contribution in [0.5, 0.6) is 0 Å². The van der Waals surface area contributed by atoms with Gasteiger partial charge in [0.1, 0.15) is 6.10 Å². The molecular weight excluding hydrogens is 368 g/mol. The topological polar surface area (TPSA) is 118 Å². The molecular formula is C20H22O6S. The number of carboxylic acid groups (broad SMARTS) is 1. The van der Waals surface area contributed by atoms with Gasteiger partial charge in [-0.25, -0.2) is 4.79 Å². The minimum atomic E-state index is -1.32. The van der Waals surface area contributed by atoms with Crippen LogP contribution in [0.1, 0.15) is 32.3 Å². The Morgan fingerprint density at radius 1 is 0.926 bits per heavy atom. The van der Waals surface area contributed by atoms with E-state index in [-0.39, 0.29) is 12.2 Å². The molecule has 5 N–H and O–H groups in total. The quantitative estimate of drug-likeness (QED) is 0.521. The van der Waals surface area contributed by atoms with E-state index in [4.69, 9.17) is 5.11 Å². The molecule has 0 spiro atoms. The van der Waals surface area contributed by atoms with Crippen LogP contribution in [0.15, 0.2) is 48.5 Å². The average Bonchev–Trinajstić information content (AvgIpc) is 2.67. The van der Waals surface area contributed by atoms with Crippen LogP contribution < -0.4 is 0 Å². The Hall–Kier alpha value is -1.90. The van der Waals surface area contributed by atoms with Gasteiger partial charge < -0.3 is 25.5 Å². The Labute approximate surface area is 161 Å². The summed E-state index contributed by atoms with van der Waals surface area (Å²) in [6, 6.07) is 14.2. The first-order valence-electron chi connectivity index (χ1n) is 8.62. The number of thioether (sulfide) groups is 1. The van der Waals surface area contributed by atoms with Crippen molar-refractivity contribution in [2.45, 2.75) is 35.2 Å². The molecule has 1 heterocycles. The highest BCUT2D eigenvalue weighted by molar-refractivity contribution is 8.00. The second-order valence-corrected chi connectivity index (χ2v) is 8.06. The molecule has 0 aliphatic carbocycles. The number of aromatic carboxylic acids is 1. The summed E-state index contributed by atoms with van der Waals surface area (Å²) in [5.74, 6) is -0.967. The third-order valence-electron chi connectivity index (χ3n) is 4.78. The van der Waals surface area contributed by atoms with E-state index in [1.807, 2.05) is 24.3 Å². The first-order valence-corrected chi connectivity index (χ1v) is 9.56. The molecule has 144 valence electrons. The van der Waals surface area contributed by atoms with E-state index in [2.05, 4.69) is 0 Å². The van der Waals surface area contributed by atoms with Gasteiger partial charge in [-0.15, -0.1) is 11.8 Å². The monoisotopic (exact) mass is 390 g/mol. The van der Waals surface area contributed by atoms with E-state index in [1.165, 1.54) is 11.8 Å². The number of rotatable bonds is 5. The normalized spacial score (nSPS) is 28.1. The predicted molar refractivity (Wildman–Crippen MR) is 102 cm³/mol. The standard InChI is InChI=1S/C20H22O6S/c21-10-15-16(22)17(23)18(24)19(27-15)14-3-1-2-12(9-14)8-11-4-6-13(7-5-11)20(25)26/h1-7,9,15-19,21-24H,8,10H2,(H,25,26)/t15-,16-,17+,18-,19+/m1/s1. The largest absolute Gasteiger partial charge is 0.478 e. The minimum absolute atomic E-state index is 0.233. The van der Waals surface area contributed by atoms with Gasteiger partial charge in [0.25, 0.3) is 0 Å². The molecule has 0 radical (unpaired) electrons. The van der Waals surface area contributed by atoms with Crippen LogP contribution in [-0.2, 0) is 6.42 Å². The van der Waals surface area contributed by atoms with Gasteiger partial charge in [-0.1, -0.05) is 36.4 Å². The molecule has 1 aliphatic heterocycles. The predicted octanol–water partition coefficient (Wildman–Crippen LogP) is 1.21. The van der Waals surface area contributed by atoms with Crippen LogP contribution >= 0.6 is 11.8 Å². The summed E-state index contributed by atoms with van der Waals surface area (Å²) in [6.07, 6.45) is -3.05. The van der Waals surface area contributed by atoms with Gasteiger partial charge in [-0.2, -0.15) is 0 Å². The molecule has 1 saturated heterocycles. The van der Waals surface area contributed by atoms with Crippen molar-refractivity contribution in [3.05, 3.63) is 70.8 Å². The lowest BCUT2D eigenvalue weighted by Gasteiger charge is -2.39. The Morgan fingerprint density at radius 3 is 2.26 bits per heavy atom. The number of carboxylic acids is 1. The Morgan fingerprint density at radius 2 is 1.63 bits per heavy atom. The number of benzene rings is 2. The van der Waals surface area contributed by atoms with Crippen LogP contribution in [-0.4, -0.2) is 61.7 Å². The summed E-state index contributed by atoms with van der Waals surface area (Å²) in [5, 5.41) is 47.8. The number of aliphatic hydroxyl groups excluding tert-OH is 4. The number of aliphatic hydroxyl groups is 4. The number of carbonyl (C=O) groups is 1. The van der Waals surface area contributed by atoms with Gasteiger partial charge in [-0.05, 0) is 35.2 Å². The third kappa shape index (κ3) is 4.34. The van der Waals surface area contributed by atoms with E-state index >= 15 is 0 Å². The molecule has 1 fully saturated rings. The molecule has 0 unspecified atom stereocenters. The van der Waals surface area contributed by atoms with Crippen molar-refractivity contribution in [1.82, 2.24) is 0 Å². The SMILES string of the molecule is O=C(O)c1ccc(Cc2cccc([C@@H]3S[C@H](CO)[C@@H](O)[C@H](O)[C@H]3O)c2)cc1. The van der Waals surface area contributed by atoms with Crippen molar-refractivity contribution in [2.24, 2.45) is 0 Å². The molecule has 5 atom stereocenters. The second kappa shape index (κ2) is 8.41. The van der Waals surface area contributed by atoms with Gasteiger partial charge >= 0.3 is 5.97 Å². The molecule has 0 amide bonds. The zero-order chi connectivity index (χ0) is 19.6. The van der Waals surface area contributed by atoms with Gasteiger partial charge in [0.15, 0.2) is 0 Å². The molecule has 3 rings (SSSR count). The van der Waals surface area contributed by atoms with Crippen molar-refractivity contribution in [1.29, 1.82) is 0 Å². The first-order chi connectivity index (χ1) is 12.9. The lowest BCUT2D eigenvalue weighted by molar-refractivity contribution is -0.0700. The summed E-state index contributed by atoms with van der Waals surface area (Å²) in [7, 11) is 0. The molecule has 2 aromatic rings. The van der Waals surface area contributed by atoms with E-state index in [1.54, 1.807) is 24.3 Å². The van der Waals surface area contributed by atoms with Crippen LogP contribution in [0.4, 0.5) is 0 Å². The zero-order valence-electron chi connectivity index (χ0n) is 14.5. The zero-order valence-corrected chi connectivity index (χ0v) is 15.3. The molecule has 27 heavy (non-hydrogen) atoms. The van der Waals surface area contributed by atoms with Crippen molar-refractivity contribution in [3.8, 4) is 0 Å². The summed E-state index contributed by atoms with van der Waals surface area (Å²) < 4.78 is 0. The Balaban J connectivity index is 1.79. The smallest absolute Gasteiger partial charge is 0.335 e. The van der Waals surface area contributed by atoms with E-state index in [0.29, 0.717) is 6.42 Å². The van der Waals surface area contributed by atoms with E-state index in [9.17, 15) is 25.2 Å². The maximum atomic E-state index is 10.9. The summed E-state index contributed by atoms with van der Waals surface area (Å²) in [4.78, 5) is 10.9. The fraction of sp³-hybridized carbons (Fsp3) is 0.350. The van der Waals surface area contributed by atoms with Crippen molar-refractivity contribution in [3.63, 3.8) is 0 Å². The average molecular weight is 390 g/mol. The lowest BCUT2D eigenvalue weighted by Crippen LogP contribution is -2.51. The van der Waals surface area contributed by atoms with E-state index < -0.39 is 34.8 Å². The van der Waals surface area contributed by atoms with Crippen molar-refractivity contribution < 1.29 is 30.3 Å². The van der Waals surface area contributed by atoms with Crippen LogP contribution in [0.25, 0.3) is 0 Å². The Kier molecular flexibility index (Phi) is 6.18. The maximum absolute atomic E-state index is 10.9. The molecule has 0 saturated carbocycles. The molecule has 6 nitrogen and oxygen atoms in total.